The molecule has 0 radical (unpaired) electrons. The average molecular weight is 346 g/mol. The molecule has 0 aromatic carbocycles. The van der Waals surface area contributed by atoms with E-state index in [-0.39, 0.29) is 5.97 Å². The van der Waals surface area contributed by atoms with Crippen LogP contribution in [0.1, 0.15) is 20.8 Å². The van der Waals surface area contributed by atoms with E-state index in [1.165, 1.54) is 24.0 Å². The fourth-order valence-corrected chi connectivity index (χ4v) is 4.42. The molecule has 6 heteroatoms. The van der Waals surface area contributed by atoms with Gasteiger partial charge in [-0.1, -0.05) is 0 Å². The highest BCUT2D eigenvalue weighted by atomic mass is 79.9. The predicted octanol–water partition coefficient (Wildman–Crippen LogP) is 4.22. The summed E-state index contributed by atoms with van der Waals surface area (Å²) in [6.07, 6.45) is 0. The second-order valence-corrected chi connectivity index (χ2v) is 7.25. The summed E-state index contributed by atoms with van der Waals surface area (Å²) >= 11 is 6.53. The first kappa shape index (κ1) is 13.6. The van der Waals surface area contributed by atoms with E-state index in [2.05, 4.69) is 22.0 Å². The molecule has 2 aromatic rings. The number of methoxy groups -OCH3 is 1. The van der Waals surface area contributed by atoms with Crippen molar-refractivity contribution in [1.29, 1.82) is 0 Å². The van der Waals surface area contributed by atoms with Crippen molar-refractivity contribution in [2.24, 2.45) is 0 Å². The van der Waals surface area contributed by atoms with Gasteiger partial charge >= 0.3 is 5.97 Å². The number of anilines is 1. The number of esters is 1. The summed E-state index contributed by atoms with van der Waals surface area (Å²) < 4.78 is 5.84. The average Bonchev–Trinajstić information content (AvgIpc) is 2.82. The van der Waals surface area contributed by atoms with Gasteiger partial charge in [-0.25, -0.2) is 4.79 Å². The lowest BCUT2D eigenvalue weighted by Gasteiger charge is -1.96. The lowest BCUT2D eigenvalue weighted by Crippen LogP contribution is -2.01. The Labute approximate surface area is 122 Å². The number of ether oxygens (including phenoxy) is 1. The molecule has 0 amide bonds. The number of carbonyl (C=O) groups is 1. The maximum absolute atomic E-state index is 11.6. The molecule has 0 aliphatic heterocycles. The molecule has 2 rings (SSSR count). The third kappa shape index (κ3) is 2.20. The van der Waals surface area contributed by atoms with Gasteiger partial charge in [-0.3, -0.25) is 0 Å². The maximum atomic E-state index is 11.6. The first-order valence-electron chi connectivity index (χ1n) is 5.19. The summed E-state index contributed by atoms with van der Waals surface area (Å²) in [5.74, 6) is -0.376. The van der Waals surface area contributed by atoms with Crippen LogP contribution in [0.3, 0.4) is 0 Å². The smallest absolute Gasteiger partial charge is 0.350 e. The van der Waals surface area contributed by atoms with Crippen LogP contribution in [0.4, 0.5) is 5.69 Å². The van der Waals surface area contributed by atoms with Gasteiger partial charge in [0.25, 0.3) is 0 Å². The van der Waals surface area contributed by atoms with Crippen molar-refractivity contribution in [3.63, 3.8) is 0 Å². The molecule has 3 nitrogen and oxygen atoms in total. The van der Waals surface area contributed by atoms with Crippen LogP contribution in [-0.2, 0) is 4.74 Å². The fourth-order valence-electron chi connectivity index (χ4n) is 1.58. The normalized spacial score (nSPS) is 10.7. The van der Waals surface area contributed by atoms with Crippen molar-refractivity contribution < 1.29 is 9.53 Å². The Balaban J connectivity index is 2.56. The highest BCUT2D eigenvalue weighted by Crippen LogP contribution is 2.43. The minimum atomic E-state index is -0.376. The molecular formula is C12H12BrNO2S2. The topological polar surface area (TPSA) is 52.3 Å². The Morgan fingerprint density at radius 3 is 2.56 bits per heavy atom. The summed E-state index contributed by atoms with van der Waals surface area (Å²) in [7, 11) is 1.36. The van der Waals surface area contributed by atoms with Crippen molar-refractivity contribution in [3.05, 3.63) is 25.9 Å². The number of rotatable bonds is 2. The molecule has 0 atom stereocenters. The first-order valence-corrected chi connectivity index (χ1v) is 7.61. The van der Waals surface area contributed by atoms with Gasteiger partial charge in [-0.15, -0.1) is 22.7 Å². The second-order valence-electron chi connectivity index (χ2n) is 3.86. The second kappa shape index (κ2) is 5.03. The van der Waals surface area contributed by atoms with Crippen molar-refractivity contribution in [3.8, 4) is 9.75 Å². The minimum absolute atomic E-state index is 0.376. The molecule has 2 heterocycles. The van der Waals surface area contributed by atoms with Crippen molar-refractivity contribution in [2.75, 3.05) is 12.8 Å². The molecule has 0 unspecified atom stereocenters. The fraction of sp³-hybridized carbons (Fsp3) is 0.250. The van der Waals surface area contributed by atoms with Crippen LogP contribution in [0.5, 0.6) is 0 Å². The highest BCUT2D eigenvalue weighted by molar-refractivity contribution is 9.11. The molecule has 0 fully saturated rings. The summed E-state index contributed by atoms with van der Waals surface area (Å²) in [4.78, 5) is 14.2. The molecule has 2 N–H and O–H groups in total. The van der Waals surface area contributed by atoms with E-state index in [9.17, 15) is 4.79 Å². The number of aryl methyl sites for hydroxylation is 1. The molecule has 96 valence electrons. The Bertz CT molecular complexity index is 596. The standard InChI is InChI=1S/C12H12BrNO2S2/c1-5-4-7(17-11(5)13)9-6(2)8(14)10(18-9)12(15)16-3/h4H,14H2,1-3H3. The van der Waals surface area contributed by atoms with E-state index in [4.69, 9.17) is 10.5 Å². The third-order valence-electron chi connectivity index (χ3n) is 2.65. The van der Waals surface area contributed by atoms with Crippen LogP contribution in [0, 0.1) is 13.8 Å². The molecule has 0 aliphatic rings. The van der Waals surface area contributed by atoms with Crippen LogP contribution in [0.2, 0.25) is 0 Å². The molecular weight excluding hydrogens is 334 g/mol. The van der Waals surface area contributed by atoms with Crippen LogP contribution < -0.4 is 5.73 Å². The number of carbonyl (C=O) groups excluding carboxylic acids is 1. The SMILES string of the molecule is COC(=O)c1sc(-c2cc(C)c(Br)s2)c(C)c1N. The summed E-state index contributed by atoms with van der Waals surface area (Å²) in [5, 5.41) is 0. The number of hydrogen-bond donors (Lipinski definition) is 1. The largest absolute Gasteiger partial charge is 0.465 e. The Kier molecular flexibility index (Phi) is 3.79. The van der Waals surface area contributed by atoms with E-state index in [0.717, 1.165) is 19.1 Å². The molecule has 0 aliphatic carbocycles. The molecule has 0 saturated heterocycles. The van der Waals surface area contributed by atoms with Crippen molar-refractivity contribution >= 4 is 50.3 Å². The van der Waals surface area contributed by atoms with E-state index in [1.54, 1.807) is 11.3 Å². The lowest BCUT2D eigenvalue weighted by atomic mass is 10.2. The third-order valence-corrected chi connectivity index (χ3v) is 6.25. The predicted molar refractivity (Wildman–Crippen MR) is 80.6 cm³/mol. The van der Waals surface area contributed by atoms with E-state index in [0.29, 0.717) is 10.6 Å². The van der Waals surface area contributed by atoms with Gasteiger partial charge in [0.15, 0.2) is 0 Å². The Hall–Kier alpha value is -0.850. The molecule has 18 heavy (non-hydrogen) atoms. The van der Waals surface area contributed by atoms with Gasteiger partial charge in [0, 0.05) is 4.88 Å². The van der Waals surface area contributed by atoms with Crippen LogP contribution in [0.15, 0.2) is 9.85 Å². The van der Waals surface area contributed by atoms with E-state index < -0.39 is 0 Å². The maximum Gasteiger partial charge on any atom is 0.350 e. The van der Waals surface area contributed by atoms with Gasteiger partial charge in [0.05, 0.1) is 21.5 Å². The van der Waals surface area contributed by atoms with Gasteiger partial charge < -0.3 is 10.5 Å². The molecule has 0 saturated carbocycles. The molecule has 0 spiro atoms. The zero-order valence-electron chi connectivity index (χ0n) is 10.2. The zero-order chi connectivity index (χ0) is 13.4. The highest BCUT2D eigenvalue weighted by Gasteiger charge is 2.21. The lowest BCUT2D eigenvalue weighted by molar-refractivity contribution is 0.0607. The van der Waals surface area contributed by atoms with Crippen LogP contribution in [-0.4, -0.2) is 13.1 Å². The van der Waals surface area contributed by atoms with Gasteiger partial charge in [-0.2, -0.15) is 0 Å². The Morgan fingerprint density at radius 2 is 2.06 bits per heavy atom. The Morgan fingerprint density at radius 1 is 1.39 bits per heavy atom. The number of nitrogens with two attached hydrogens (primary N) is 1. The van der Waals surface area contributed by atoms with Crippen LogP contribution in [0.25, 0.3) is 9.75 Å². The minimum Gasteiger partial charge on any atom is -0.465 e. The van der Waals surface area contributed by atoms with Crippen molar-refractivity contribution in [2.45, 2.75) is 13.8 Å². The number of halogens is 1. The number of thiophene rings is 2. The van der Waals surface area contributed by atoms with Gasteiger partial charge in [-0.05, 0) is 47.0 Å². The summed E-state index contributed by atoms with van der Waals surface area (Å²) in [5.41, 5.74) is 8.60. The van der Waals surface area contributed by atoms with E-state index in [1.807, 2.05) is 13.8 Å². The zero-order valence-corrected chi connectivity index (χ0v) is 13.4. The molecule has 0 bridgehead atoms. The quantitative estimate of drug-likeness (QED) is 0.828. The number of hydrogen-bond acceptors (Lipinski definition) is 5. The molecule has 2 aromatic heterocycles. The first-order chi connectivity index (χ1) is 8.45. The van der Waals surface area contributed by atoms with Crippen molar-refractivity contribution in [1.82, 2.24) is 0 Å². The summed E-state index contributed by atoms with van der Waals surface area (Å²) in [6, 6.07) is 2.09. The monoisotopic (exact) mass is 345 g/mol. The van der Waals surface area contributed by atoms with Crippen LogP contribution >= 0.6 is 38.6 Å². The van der Waals surface area contributed by atoms with Gasteiger partial charge in [0.1, 0.15) is 4.88 Å². The van der Waals surface area contributed by atoms with Gasteiger partial charge in [0.2, 0.25) is 0 Å². The summed E-state index contributed by atoms with van der Waals surface area (Å²) in [6.45, 7) is 3.97. The number of nitrogen functional groups attached to an aromatic ring is 1. The van der Waals surface area contributed by atoms with E-state index >= 15 is 0 Å².